The van der Waals surface area contributed by atoms with Crippen LogP contribution in [0.25, 0.3) is 0 Å². The summed E-state index contributed by atoms with van der Waals surface area (Å²) in [6, 6.07) is 17.5. The minimum Gasteiger partial charge on any atom is -0.368 e. The molecule has 0 saturated heterocycles. The largest absolute Gasteiger partial charge is 0.368 e. The summed E-state index contributed by atoms with van der Waals surface area (Å²) in [6.45, 7) is 2.15. The summed E-state index contributed by atoms with van der Waals surface area (Å²) >= 11 is 0. The van der Waals surface area contributed by atoms with Crippen molar-refractivity contribution in [3.8, 4) is 0 Å². The zero-order valence-electron chi connectivity index (χ0n) is 13.0. The molecule has 2 atom stereocenters. The molecule has 2 aromatic rings. The van der Waals surface area contributed by atoms with E-state index in [9.17, 15) is 9.59 Å². The standard InChI is InChI=1S/C18H21N3O2/c1-13(18(23)20-12-14-8-4-2-5-9-14)21-16(17(19)22)15-10-6-3-7-11-15/h2-11,13,16,21H,12H2,1H3,(H2,19,22)(H,20,23)/t13-,16-/m0/s1. The molecular weight excluding hydrogens is 290 g/mol. The maximum absolute atomic E-state index is 12.2. The monoisotopic (exact) mass is 311 g/mol. The molecular formula is C18H21N3O2. The molecule has 0 aliphatic heterocycles. The SMILES string of the molecule is C[C@H](N[C@H](C(N)=O)c1ccccc1)C(=O)NCc1ccccc1. The number of hydrogen-bond acceptors (Lipinski definition) is 3. The second-order valence-corrected chi connectivity index (χ2v) is 5.34. The van der Waals surface area contributed by atoms with Crippen LogP contribution >= 0.6 is 0 Å². The lowest BCUT2D eigenvalue weighted by atomic mass is 10.1. The average molecular weight is 311 g/mol. The molecule has 0 bridgehead atoms. The highest BCUT2D eigenvalue weighted by Crippen LogP contribution is 2.12. The van der Waals surface area contributed by atoms with Gasteiger partial charge in [0.1, 0.15) is 6.04 Å². The van der Waals surface area contributed by atoms with E-state index in [0.717, 1.165) is 11.1 Å². The number of carbonyl (C=O) groups is 2. The molecule has 23 heavy (non-hydrogen) atoms. The summed E-state index contributed by atoms with van der Waals surface area (Å²) in [4.78, 5) is 23.8. The van der Waals surface area contributed by atoms with Gasteiger partial charge in [-0.25, -0.2) is 0 Å². The quantitative estimate of drug-likeness (QED) is 0.724. The molecule has 0 heterocycles. The van der Waals surface area contributed by atoms with E-state index in [1.165, 1.54) is 0 Å². The summed E-state index contributed by atoms with van der Waals surface area (Å²) in [5.74, 6) is -0.699. The summed E-state index contributed by atoms with van der Waals surface area (Å²) in [6.07, 6.45) is 0. The molecule has 0 aliphatic carbocycles. The molecule has 0 spiro atoms. The number of amides is 2. The van der Waals surface area contributed by atoms with Gasteiger partial charge in [-0.3, -0.25) is 14.9 Å². The Bertz CT molecular complexity index is 644. The van der Waals surface area contributed by atoms with Gasteiger partial charge >= 0.3 is 0 Å². The Labute approximate surface area is 135 Å². The Kier molecular flexibility index (Phi) is 5.88. The molecule has 0 aliphatic rings. The van der Waals surface area contributed by atoms with E-state index in [1.807, 2.05) is 48.5 Å². The van der Waals surface area contributed by atoms with E-state index in [1.54, 1.807) is 19.1 Å². The first-order chi connectivity index (χ1) is 11.1. The fourth-order valence-corrected chi connectivity index (χ4v) is 2.25. The molecule has 2 aromatic carbocycles. The highest BCUT2D eigenvalue weighted by molar-refractivity contribution is 5.85. The maximum atomic E-state index is 12.2. The number of nitrogens with one attached hydrogen (secondary N) is 2. The fraction of sp³-hybridized carbons (Fsp3) is 0.222. The predicted molar refractivity (Wildman–Crippen MR) is 89.3 cm³/mol. The summed E-state index contributed by atoms with van der Waals surface area (Å²) in [5.41, 5.74) is 7.20. The molecule has 0 unspecified atom stereocenters. The van der Waals surface area contributed by atoms with Gasteiger partial charge in [-0.15, -0.1) is 0 Å². The van der Waals surface area contributed by atoms with Crippen molar-refractivity contribution in [2.45, 2.75) is 25.6 Å². The molecule has 0 aromatic heterocycles. The van der Waals surface area contributed by atoms with Crippen LogP contribution in [0.5, 0.6) is 0 Å². The van der Waals surface area contributed by atoms with Crippen LogP contribution in [0.15, 0.2) is 60.7 Å². The van der Waals surface area contributed by atoms with Gasteiger partial charge in [0.25, 0.3) is 0 Å². The van der Waals surface area contributed by atoms with Crippen LogP contribution < -0.4 is 16.4 Å². The van der Waals surface area contributed by atoms with E-state index in [4.69, 9.17) is 5.73 Å². The van der Waals surface area contributed by atoms with Gasteiger partial charge in [0.15, 0.2) is 0 Å². The number of rotatable bonds is 7. The minimum atomic E-state index is -0.700. The van der Waals surface area contributed by atoms with Crippen LogP contribution in [0, 0.1) is 0 Å². The van der Waals surface area contributed by atoms with Crippen LogP contribution in [0.3, 0.4) is 0 Å². The number of hydrogen-bond donors (Lipinski definition) is 3. The highest BCUT2D eigenvalue weighted by atomic mass is 16.2. The van der Waals surface area contributed by atoms with Crippen LogP contribution in [-0.2, 0) is 16.1 Å². The van der Waals surface area contributed by atoms with E-state index in [2.05, 4.69) is 10.6 Å². The van der Waals surface area contributed by atoms with Crippen molar-refractivity contribution in [2.75, 3.05) is 0 Å². The molecule has 2 amide bonds. The predicted octanol–water partition coefficient (Wildman–Crippen LogP) is 1.51. The van der Waals surface area contributed by atoms with Crippen LogP contribution in [0.4, 0.5) is 0 Å². The topological polar surface area (TPSA) is 84.2 Å². The second kappa shape index (κ2) is 8.10. The molecule has 0 radical (unpaired) electrons. The fourth-order valence-electron chi connectivity index (χ4n) is 2.25. The third-order valence-electron chi connectivity index (χ3n) is 3.54. The van der Waals surface area contributed by atoms with Crippen LogP contribution in [0.2, 0.25) is 0 Å². The first-order valence-corrected chi connectivity index (χ1v) is 7.50. The molecule has 120 valence electrons. The van der Waals surface area contributed by atoms with E-state index in [-0.39, 0.29) is 5.91 Å². The van der Waals surface area contributed by atoms with E-state index >= 15 is 0 Å². The first kappa shape index (κ1) is 16.7. The summed E-state index contributed by atoms with van der Waals surface area (Å²) < 4.78 is 0. The molecule has 5 heteroatoms. The van der Waals surface area contributed by atoms with Crippen molar-refractivity contribution >= 4 is 11.8 Å². The summed E-state index contributed by atoms with van der Waals surface area (Å²) in [7, 11) is 0. The van der Waals surface area contributed by atoms with E-state index in [0.29, 0.717) is 6.54 Å². The Balaban J connectivity index is 1.94. The second-order valence-electron chi connectivity index (χ2n) is 5.34. The highest BCUT2D eigenvalue weighted by Gasteiger charge is 2.22. The van der Waals surface area contributed by atoms with Crippen molar-refractivity contribution in [1.82, 2.24) is 10.6 Å². The lowest BCUT2D eigenvalue weighted by Gasteiger charge is -2.21. The van der Waals surface area contributed by atoms with Gasteiger partial charge in [-0.1, -0.05) is 60.7 Å². The summed E-state index contributed by atoms with van der Waals surface area (Å²) in [5, 5.41) is 5.82. The normalized spacial score (nSPS) is 13.1. The van der Waals surface area contributed by atoms with Gasteiger partial charge in [0.2, 0.25) is 11.8 Å². The van der Waals surface area contributed by atoms with Gasteiger partial charge in [-0.2, -0.15) is 0 Å². The molecule has 2 rings (SSSR count). The smallest absolute Gasteiger partial charge is 0.239 e. The van der Waals surface area contributed by atoms with E-state index < -0.39 is 18.0 Å². The third kappa shape index (κ3) is 4.93. The third-order valence-corrected chi connectivity index (χ3v) is 3.54. The molecule has 0 fully saturated rings. The Morgan fingerprint density at radius 3 is 2.13 bits per heavy atom. The van der Waals surface area contributed by atoms with Crippen molar-refractivity contribution in [1.29, 1.82) is 0 Å². The van der Waals surface area contributed by atoms with Gasteiger partial charge in [0.05, 0.1) is 6.04 Å². The number of primary amides is 1. The maximum Gasteiger partial charge on any atom is 0.239 e. The van der Waals surface area contributed by atoms with Crippen molar-refractivity contribution < 1.29 is 9.59 Å². The minimum absolute atomic E-state index is 0.184. The lowest BCUT2D eigenvalue weighted by Crippen LogP contribution is -2.46. The number of nitrogens with two attached hydrogens (primary N) is 1. The molecule has 0 saturated carbocycles. The molecule has 4 N–H and O–H groups in total. The number of benzene rings is 2. The van der Waals surface area contributed by atoms with Gasteiger partial charge in [0, 0.05) is 6.54 Å². The van der Waals surface area contributed by atoms with Crippen LogP contribution in [0.1, 0.15) is 24.1 Å². The zero-order valence-corrected chi connectivity index (χ0v) is 13.0. The Hall–Kier alpha value is -2.66. The average Bonchev–Trinajstić information content (AvgIpc) is 2.58. The number of carbonyl (C=O) groups excluding carboxylic acids is 2. The Morgan fingerprint density at radius 2 is 1.57 bits per heavy atom. The first-order valence-electron chi connectivity index (χ1n) is 7.50. The lowest BCUT2D eigenvalue weighted by molar-refractivity contribution is -0.124. The van der Waals surface area contributed by atoms with Crippen LogP contribution in [-0.4, -0.2) is 17.9 Å². The van der Waals surface area contributed by atoms with Gasteiger partial charge < -0.3 is 11.1 Å². The zero-order chi connectivity index (χ0) is 16.7. The Morgan fingerprint density at radius 1 is 1.00 bits per heavy atom. The van der Waals surface area contributed by atoms with Crippen molar-refractivity contribution in [3.63, 3.8) is 0 Å². The van der Waals surface area contributed by atoms with Crippen molar-refractivity contribution in [3.05, 3.63) is 71.8 Å². The molecule has 5 nitrogen and oxygen atoms in total. The van der Waals surface area contributed by atoms with Crippen molar-refractivity contribution in [2.24, 2.45) is 5.73 Å². The van der Waals surface area contributed by atoms with Gasteiger partial charge in [-0.05, 0) is 18.1 Å².